The molecule has 0 radical (unpaired) electrons. The second-order valence-electron chi connectivity index (χ2n) is 7.21. The van der Waals surface area contributed by atoms with Crippen LogP contribution in [0.4, 0.5) is 4.39 Å². The second kappa shape index (κ2) is 8.75. The largest absolute Gasteiger partial charge is 0.508 e. The molecule has 0 aliphatic heterocycles. The minimum Gasteiger partial charge on any atom is -0.508 e. The van der Waals surface area contributed by atoms with Crippen LogP contribution in [0, 0.1) is 12.7 Å². The van der Waals surface area contributed by atoms with E-state index in [-0.39, 0.29) is 5.02 Å². The molecular formula is C24H26ClFO. The van der Waals surface area contributed by atoms with Gasteiger partial charge in [-0.15, -0.1) is 0 Å². The third-order valence-electron chi connectivity index (χ3n) is 5.26. The van der Waals surface area contributed by atoms with Crippen LogP contribution in [0.3, 0.4) is 0 Å². The maximum absolute atomic E-state index is 14.4. The summed E-state index contributed by atoms with van der Waals surface area (Å²) in [5.41, 5.74) is 5.62. The fourth-order valence-electron chi connectivity index (χ4n) is 3.53. The summed E-state index contributed by atoms with van der Waals surface area (Å²) in [5.74, 6) is -0.0281. The number of aliphatic hydroxyl groups is 1. The van der Waals surface area contributed by atoms with Gasteiger partial charge in [-0.25, -0.2) is 4.39 Å². The summed E-state index contributed by atoms with van der Waals surface area (Å²) < 4.78 is 14.4. The van der Waals surface area contributed by atoms with Crippen LogP contribution >= 0.6 is 11.6 Å². The molecule has 1 aliphatic carbocycles. The van der Waals surface area contributed by atoms with Crippen molar-refractivity contribution in [2.75, 3.05) is 0 Å². The van der Waals surface area contributed by atoms with Gasteiger partial charge in [0, 0.05) is 5.57 Å². The Morgan fingerprint density at radius 1 is 1.15 bits per heavy atom. The number of allylic oxidation sites excluding steroid dienone is 2. The van der Waals surface area contributed by atoms with Crippen molar-refractivity contribution in [3.8, 4) is 0 Å². The highest BCUT2D eigenvalue weighted by molar-refractivity contribution is 6.30. The van der Waals surface area contributed by atoms with E-state index in [1.807, 2.05) is 37.3 Å². The average molecular weight is 385 g/mol. The van der Waals surface area contributed by atoms with E-state index in [9.17, 15) is 9.50 Å². The van der Waals surface area contributed by atoms with Gasteiger partial charge in [0.15, 0.2) is 0 Å². The Balaban J connectivity index is 2.30. The minimum absolute atomic E-state index is 0.125. The summed E-state index contributed by atoms with van der Waals surface area (Å²) in [6, 6.07) is 13.1. The Kier molecular flexibility index (Phi) is 6.38. The van der Waals surface area contributed by atoms with Crippen molar-refractivity contribution < 1.29 is 9.50 Å². The third kappa shape index (κ3) is 4.27. The summed E-state index contributed by atoms with van der Waals surface area (Å²) >= 11 is 5.99. The van der Waals surface area contributed by atoms with Gasteiger partial charge in [-0.1, -0.05) is 55.3 Å². The van der Waals surface area contributed by atoms with Crippen LogP contribution in [-0.4, -0.2) is 5.11 Å². The molecule has 0 atom stereocenters. The van der Waals surface area contributed by atoms with Crippen molar-refractivity contribution in [2.45, 2.75) is 52.4 Å². The Hall–Kier alpha value is -2.06. The number of halogens is 2. The number of aryl methyl sites for hydroxylation is 1. The molecule has 2 aromatic carbocycles. The maximum atomic E-state index is 14.4. The molecule has 1 N–H and O–H groups in total. The molecule has 3 heteroatoms. The van der Waals surface area contributed by atoms with Crippen molar-refractivity contribution in [1.29, 1.82) is 0 Å². The average Bonchev–Trinajstić information content (AvgIpc) is 2.61. The van der Waals surface area contributed by atoms with Crippen LogP contribution in [0.15, 0.2) is 59.4 Å². The molecule has 0 saturated heterocycles. The number of hydrogen-bond donors (Lipinski definition) is 1. The van der Waals surface area contributed by atoms with Gasteiger partial charge in [-0.2, -0.15) is 0 Å². The molecule has 1 saturated carbocycles. The molecule has 0 spiro atoms. The van der Waals surface area contributed by atoms with Crippen LogP contribution in [-0.2, 0) is 0 Å². The van der Waals surface area contributed by atoms with Gasteiger partial charge >= 0.3 is 0 Å². The van der Waals surface area contributed by atoms with Gasteiger partial charge < -0.3 is 5.11 Å². The van der Waals surface area contributed by atoms with E-state index in [1.54, 1.807) is 6.07 Å². The van der Waals surface area contributed by atoms with E-state index in [2.05, 4.69) is 6.92 Å². The first-order valence-corrected chi connectivity index (χ1v) is 10.1. The fraction of sp³-hybridized carbons (Fsp3) is 0.333. The first-order chi connectivity index (χ1) is 13.0. The Bertz CT molecular complexity index is 875. The van der Waals surface area contributed by atoms with E-state index in [4.69, 9.17) is 11.6 Å². The first-order valence-electron chi connectivity index (χ1n) is 9.68. The molecule has 2 aromatic rings. The number of rotatable bonds is 6. The van der Waals surface area contributed by atoms with E-state index < -0.39 is 5.82 Å². The van der Waals surface area contributed by atoms with Crippen molar-refractivity contribution in [1.82, 2.24) is 0 Å². The predicted molar refractivity (Wildman–Crippen MR) is 112 cm³/mol. The molecular weight excluding hydrogens is 359 g/mol. The lowest BCUT2D eigenvalue weighted by atomic mass is 9.83. The van der Waals surface area contributed by atoms with Gasteiger partial charge in [0.2, 0.25) is 0 Å². The molecule has 142 valence electrons. The number of benzene rings is 2. The number of unbranched alkanes of at least 4 members (excludes halogenated alkanes) is 1. The zero-order valence-corrected chi connectivity index (χ0v) is 16.7. The summed E-state index contributed by atoms with van der Waals surface area (Å²) in [7, 11) is 0. The van der Waals surface area contributed by atoms with E-state index >= 15 is 0 Å². The Labute approximate surface area is 166 Å². The van der Waals surface area contributed by atoms with Crippen LogP contribution in [0.1, 0.15) is 62.1 Å². The summed E-state index contributed by atoms with van der Waals surface area (Å²) in [6.07, 6.45) is 5.77. The standard InChI is InChI=1S/C24H26ClFO/c1-3-4-13-19(24(27)18-11-8-12-18)23(17-9-6-5-7-10-17)20-15-22(26)21(25)14-16(20)2/h5-7,9-10,14-15,27H,3-4,8,11-13H2,1-2H3/b23-19+. The summed E-state index contributed by atoms with van der Waals surface area (Å²) in [4.78, 5) is 0. The monoisotopic (exact) mass is 384 g/mol. The van der Waals surface area contributed by atoms with Crippen LogP contribution in [0.25, 0.3) is 5.57 Å². The van der Waals surface area contributed by atoms with Gasteiger partial charge in [-0.3, -0.25) is 0 Å². The van der Waals surface area contributed by atoms with Crippen LogP contribution in [0.2, 0.25) is 5.02 Å². The van der Waals surface area contributed by atoms with Crippen LogP contribution < -0.4 is 0 Å². The topological polar surface area (TPSA) is 20.2 Å². The van der Waals surface area contributed by atoms with Gasteiger partial charge in [0.05, 0.1) is 5.02 Å². The van der Waals surface area contributed by atoms with E-state index in [0.29, 0.717) is 5.76 Å². The van der Waals surface area contributed by atoms with Gasteiger partial charge in [0.1, 0.15) is 11.6 Å². The first kappa shape index (κ1) is 19.7. The Morgan fingerprint density at radius 3 is 2.44 bits per heavy atom. The van der Waals surface area contributed by atoms with E-state index in [0.717, 1.165) is 71.9 Å². The van der Waals surface area contributed by atoms with Crippen molar-refractivity contribution in [3.05, 3.63) is 86.9 Å². The quantitative estimate of drug-likeness (QED) is 0.504. The molecule has 0 heterocycles. The fourth-order valence-corrected chi connectivity index (χ4v) is 3.75. The van der Waals surface area contributed by atoms with Crippen molar-refractivity contribution in [2.24, 2.45) is 0 Å². The van der Waals surface area contributed by atoms with E-state index in [1.165, 1.54) is 6.07 Å². The van der Waals surface area contributed by atoms with Crippen LogP contribution in [0.5, 0.6) is 0 Å². The van der Waals surface area contributed by atoms with Gasteiger partial charge in [0.25, 0.3) is 0 Å². The van der Waals surface area contributed by atoms with Crippen molar-refractivity contribution in [3.63, 3.8) is 0 Å². The smallest absolute Gasteiger partial charge is 0.142 e. The zero-order chi connectivity index (χ0) is 19.4. The second-order valence-corrected chi connectivity index (χ2v) is 7.62. The molecule has 1 fully saturated rings. The molecule has 0 aromatic heterocycles. The summed E-state index contributed by atoms with van der Waals surface area (Å²) in [6.45, 7) is 4.08. The molecule has 1 nitrogen and oxygen atoms in total. The SMILES string of the molecule is CCCC/C(C(O)=C1CCC1)=C(/c1ccccc1)c1cc(F)c(Cl)cc1C. The lowest BCUT2D eigenvalue weighted by Gasteiger charge is -2.24. The van der Waals surface area contributed by atoms with Gasteiger partial charge in [-0.05, 0) is 79.0 Å². The molecule has 1 aliphatic rings. The highest BCUT2D eigenvalue weighted by atomic mass is 35.5. The third-order valence-corrected chi connectivity index (χ3v) is 5.55. The predicted octanol–water partition coefficient (Wildman–Crippen LogP) is 7.78. The molecule has 3 rings (SSSR count). The lowest BCUT2D eigenvalue weighted by Crippen LogP contribution is -2.07. The lowest BCUT2D eigenvalue weighted by molar-refractivity contribution is 0.394. The Morgan fingerprint density at radius 2 is 1.85 bits per heavy atom. The molecule has 0 bridgehead atoms. The molecule has 0 amide bonds. The highest BCUT2D eigenvalue weighted by Gasteiger charge is 2.22. The van der Waals surface area contributed by atoms with Crippen molar-refractivity contribution >= 4 is 17.2 Å². The number of aliphatic hydroxyl groups excluding tert-OH is 1. The zero-order valence-electron chi connectivity index (χ0n) is 16.0. The normalized spacial score (nSPS) is 14.6. The summed E-state index contributed by atoms with van der Waals surface area (Å²) in [5, 5.41) is 11.2. The molecule has 0 unspecified atom stereocenters. The highest BCUT2D eigenvalue weighted by Crippen LogP contribution is 2.39. The molecule has 27 heavy (non-hydrogen) atoms. The minimum atomic E-state index is -0.434. The maximum Gasteiger partial charge on any atom is 0.142 e. The number of hydrogen-bond acceptors (Lipinski definition) is 1.